The molecular formula is C26H26N4O3. The number of hydrogen-bond donors (Lipinski definition) is 1. The lowest BCUT2D eigenvalue weighted by Crippen LogP contribution is -2.54. The van der Waals surface area contributed by atoms with Gasteiger partial charge in [-0.25, -0.2) is 14.4 Å². The number of amides is 4. The molecule has 1 fully saturated rings. The van der Waals surface area contributed by atoms with Crippen LogP contribution in [0.15, 0.2) is 42.0 Å². The molecule has 3 aromatic rings. The number of anilines is 1. The Kier molecular flexibility index (Phi) is 5.49. The Labute approximate surface area is 192 Å². The van der Waals surface area contributed by atoms with E-state index in [0.29, 0.717) is 16.9 Å². The molecule has 7 nitrogen and oxygen atoms in total. The molecule has 0 atom stereocenters. The van der Waals surface area contributed by atoms with Gasteiger partial charge in [-0.3, -0.25) is 14.9 Å². The van der Waals surface area contributed by atoms with Crippen LogP contribution in [-0.4, -0.2) is 27.6 Å². The highest BCUT2D eigenvalue weighted by Gasteiger charge is 2.37. The normalized spacial score (nSPS) is 15.4. The van der Waals surface area contributed by atoms with Gasteiger partial charge >= 0.3 is 6.03 Å². The zero-order valence-corrected chi connectivity index (χ0v) is 19.6. The van der Waals surface area contributed by atoms with Crippen molar-refractivity contribution in [3.63, 3.8) is 0 Å². The molecule has 2 heterocycles. The van der Waals surface area contributed by atoms with Gasteiger partial charge in [-0.2, -0.15) is 5.10 Å². The second-order valence-electron chi connectivity index (χ2n) is 8.53. The summed E-state index contributed by atoms with van der Waals surface area (Å²) in [6, 6.07) is 10.8. The number of hydrogen-bond acceptors (Lipinski definition) is 4. The van der Waals surface area contributed by atoms with Gasteiger partial charge in [-0.1, -0.05) is 35.4 Å². The molecule has 0 radical (unpaired) electrons. The van der Waals surface area contributed by atoms with E-state index in [0.717, 1.165) is 38.5 Å². The number of nitrogens with one attached hydrogen (secondary N) is 1. The first-order valence-electron chi connectivity index (χ1n) is 10.7. The van der Waals surface area contributed by atoms with E-state index in [-0.39, 0.29) is 5.57 Å². The van der Waals surface area contributed by atoms with Gasteiger partial charge in [0.2, 0.25) is 0 Å². The van der Waals surface area contributed by atoms with Crippen LogP contribution in [0.4, 0.5) is 10.5 Å². The average molecular weight is 443 g/mol. The molecule has 1 N–H and O–H groups in total. The van der Waals surface area contributed by atoms with Crippen molar-refractivity contribution in [3.8, 4) is 5.69 Å². The van der Waals surface area contributed by atoms with E-state index in [2.05, 4.69) is 16.5 Å². The number of aromatic nitrogens is 2. The van der Waals surface area contributed by atoms with Crippen LogP contribution in [0.25, 0.3) is 11.8 Å². The number of imide groups is 2. The molecule has 2 aromatic carbocycles. The quantitative estimate of drug-likeness (QED) is 0.482. The van der Waals surface area contributed by atoms with Crippen LogP contribution in [0.3, 0.4) is 0 Å². The lowest BCUT2D eigenvalue weighted by molar-refractivity contribution is -0.122. The summed E-state index contributed by atoms with van der Waals surface area (Å²) in [5.41, 5.74) is 7.40. The monoisotopic (exact) mass is 442 g/mol. The molecule has 0 bridgehead atoms. The predicted molar refractivity (Wildman–Crippen MR) is 127 cm³/mol. The Morgan fingerprint density at radius 1 is 0.818 bits per heavy atom. The Hall–Kier alpha value is -4.00. The van der Waals surface area contributed by atoms with E-state index in [9.17, 15) is 14.4 Å². The molecule has 4 rings (SSSR count). The van der Waals surface area contributed by atoms with Crippen LogP contribution in [0, 0.1) is 41.5 Å². The van der Waals surface area contributed by atoms with Gasteiger partial charge in [0.05, 0.1) is 17.1 Å². The van der Waals surface area contributed by atoms with Gasteiger partial charge in [-0.05, 0) is 70.9 Å². The van der Waals surface area contributed by atoms with Crippen molar-refractivity contribution in [1.29, 1.82) is 0 Å². The summed E-state index contributed by atoms with van der Waals surface area (Å²) < 4.78 is 1.81. The van der Waals surface area contributed by atoms with Crippen molar-refractivity contribution in [2.75, 3.05) is 4.90 Å². The minimum absolute atomic E-state index is 0.110. The van der Waals surface area contributed by atoms with Crippen molar-refractivity contribution >= 4 is 29.6 Å². The molecule has 7 heteroatoms. The van der Waals surface area contributed by atoms with Gasteiger partial charge in [-0.15, -0.1) is 0 Å². The van der Waals surface area contributed by atoms with Crippen LogP contribution in [0.5, 0.6) is 0 Å². The third-order valence-corrected chi connectivity index (χ3v) is 5.91. The van der Waals surface area contributed by atoms with E-state index in [4.69, 9.17) is 0 Å². The van der Waals surface area contributed by atoms with Crippen molar-refractivity contribution in [1.82, 2.24) is 15.1 Å². The van der Waals surface area contributed by atoms with Crippen molar-refractivity contribution in [3.05, 3.63) is 81.2 Å². The fourth-order valence-electron chi connectivity index (χ4n) is 4.22. The number of barbiturate groups is 1. The molecular weight excluding hydrogens is 416 g/mol. The average Bonchev–Trinajstić information content (AvgIpc) is 3.00. The van der Waals surface area contributed by atoms with Gasteiger partial charge < -0.3 is 0 Å². The zero-order valence-electron chi connectivity index (χ0n) is 19.6. The summed E-state index contributed by atoms with van der Waals surface area (Å²) in [6.07, 6.45) is 1.53. The van der Waals surface area contributed by atoms with Gasteiger partial charge in [0.25, 0.3) is 11.8 Å². The number of carbonyl (C=O) groups excluding carboxylic acids is 3. The van der Waals surface area contributed by atoms with Crippen molar-refractivity contribution in [2.24, 2.45) is 0 Å². The SMILES string of the molecule is Cc1ccc(N2C(=O)NC(=O)/C(=C\c3c(C)nn(-c4ccc(C)cc4C)c3C)C2=O)c(C)c1. The summed E-state index contributed by atoms with van der Waals surface area (Å²) >= 11 is 0. The first-order chi connectivity index (χ1) is 15.6. The fraction of sp³-hybridized carbons (Fsp3) is 0.231. The zero-order chi connectivity index (χ0) is 24.0. The summed E-state index contributed by atoms with van der Waals surface area (Å²) in [6.45, 7) is 11.5. The molecule has 33 heavy (non-hydrogen) atoms. The first kappa shape index (κ1) is 22.2. The summed E-state index contributed by atoms with van der Waals surface area (Å²) in [4.78, 5) is 39.6. The highest BCUT2D eigenvalue weighted by atomic mass is 16.2. The lowest BCUT2D eigenvalue weighted by atomic mass is 10.0. The lowest BCUT2D eigenvalue weighted by Gasteiger charge is -2.27. The number of rotatable bonds is 3. The van der Waals surface area contributed by atoms with E-state index in [1.54, 1.807) is 6.07 Å². The Bertz CT molecular complexity index is 1360. The van der Waals surface area contributed by atoms with Crippen LogP contribution in [-0.2, 0) is 9.59 Å². The van der Waals surface area contributed by atoms with Crippen molar-refractivity contribution < 1.29 is 14.4 Å². The third kappa shape index (κ3) is 3.86. The second-order valence-corrected chi connectivity index (χ2v) is 8.53. The van der Waals surface area contributed by atoms with Crippen LogP contribution < -0.4 is 10.2 Å². The first-order valence-corrected chi connectivity index (χ1v) is 10.7. The minimum Gasteiger partial charge on any atom is -0.273 e. The third-order valence-electron chi connectivity index (χ3n) is 5.91. The molecule has 1 saturated heterocycles. The Morgan fingerprint density at radius 3 is 1.97 bits per heavy atom. The highest BCUT2D eigenvalue weighted by Crippen LogP contribution is 2.28. The molecule has 4 amide bonds. The van der Waals surface area contributed by atoms with Gasteiger partial charge in [0.15, 0.2) is 0 Å². The largest absolute Gasteiger partial charge is 0.335 e. The maximum absolute atomic E-state index is 13.3. The van der Waals surface area contributed by atoms with E-state index in [1.165, 1.54) is 6.08 Å². The number of nitrogens with zero attached hydrogens (tertiary/aromatic N) is 3. The smallest absolute Gasteiger partial charge is 0.273 e. The standard InChI is InChI=1S/C26H26N4O3/c1-14-7-9-22(16(3)11-14)29-25(32)21(24(31)27-26(29)33)13-20-18(5)28-30(19(20)6)23-10-8-15(2)12-17(23)4/h7-13H,1-6H3,(H,27,31,33)/b21-13+. The second kappa shape index (κ2) is 8.16. The van der Waals surface area contributed by atoms with Gasteiger partial charge in [0, 0.05) is 11.3 Å². The molecule has 0 saturated carbocycles. The Morgan fingerprint density at radius 2 is 1.39 bits per heavy atom. The Balaban J connectivity index is 1.80. The summed E-state index contributed by atoms with van der Waals surface area (Å²) in [5, 5.41) is 6.95. The molecule has 0 aliphatic carbocycles. The molecule has 1 aliphatic heterocycles. The summed E-state index contributed by atoms with van der Waals surface area (Å²) in [7, 11) is 0. The van der Waals surface area contributed by atoms with Gasteiger partial charge in [0.1, 0.15) is 5.57 Å². The van der Waals surface area contributed by atoms with Crippen LogP contribution >= 0.6 is 0 Å². The van der Waals surface area contributed by atoms with E-state index < -0.39 is 17.8 Å². The molecule has 1 aliphatic rings. The fourth-order valence-corrected chi connectivity index (χ4v) is 4.22. The van der Waals surface area contributed by atoms with E-state index in [1.807, 2.05) is 70.5 Å². The highest BCUT2D eigenvalue weighted by molar-refractivity contribution is 6.39. The maximum atomic E-state index is 13.3. The number of aryl methyl sites for hydroxylation is 5. The van der Waals surface area contributed by atoms with Crippen LogP contribution in [0.1, 0.15) is 39.2 Å². The predicted octanol–water partition coefficient (Wildman–Crippen LogP) is 4.39. The topological polar surface area (TPSA) is 84.3 Å². The van der Waals surface area contributed by atoms with Crippen LogP contribution in [0.2, 0.25) is 0 Å². The number of urea groups is 1. The number of carbonyl (C=O) groups is 3. The maximum Gasteiger partial charge on any atom is 0.335 e. The van der Waals surface area contributed by atoms with E-state index >= 15 is 0 Å². The molecule has 168 valence electrons. The van der Waals surface area contributed by atoms with Crippen molar-refractivity contribution in [2.45, 2.75) is 41.5 Å². The molecule has 0 spiro atoms. The molecule has 0 unspecified atom stereocenters. The number of benzene rings is 2. The summed E-state index contributed by atoms with van der Waals surface area (Å²) in [5.74, 6) is -1.38. The molecule has 1 aromatic heterocycles. The minimum atomic E-state index is -0.756.